The summed E-state index contributed by atoms with van der Waals surface area (Å²) in [7, 11) is -1.48. The van der Waals surface area contributed by atoms with Gasteiger partial charge in [0.1, 0.15) is 22.7 Å². The molecule has 0 N–H and O–H groups in total. The number of hydrogen-bond acceptors (Lipinski definition) is 11. The van der Waals surface area contributed by atoms with Gasteiger partial charge in [-0.1, -0.05) is 35.9 Å². The average molecular weight is 796 g/mol. The van der Waals surface area contributed by atoms with Gasteiger partial charge < -0.3 is 23.8 Å². The van der Waals surface area contributed by atoms with Gasteiger partial charge in [-0.2, -0.15) is 9.97 Å². The number of nitrogens with zero attached hydrogens (tertiary/aromatic N) is 5. The monoisotopic (exact) mass is 795 g/mol. The van der Waals surface area contributed by atoms with Crippen LogP contribution in [0.5, 0.6) is 11.8 Å². The number of halogens is 2. The van der Waals surface area contributed by atoms with Crippen LogP contribution in [0.15, 0.2) is 42.5 Å². The Balaban J connectivity index is 1.15. The van der Waals surface area contributed by atoms with Gasteiger partial charge in [-0.3, -0.25) is 9.80 Å². The van der Waals surface area contributed by atoms with E-state index in [1.54, 1.807) is 12.1 Å². The number of aromatic nitrogens is 2. The molecular weight excluding hydrogens is 749 g/mol. The van der Waals surface area contributed by atoms with E-state index >= 15 is 4.39 Å². The summed E-state index contributed by atoms with van der Waals surface area (Å²) in [5.74, 6) is 0.759. The van der Waals surface area contributed by atoms with Crippen LogP contribution in [0.1, 0.15) is 52.9 Å². The van der Waals surface area contributed by atoms with Crippen molar-refractivity contribution in [2.45, 2.75) is 82.6 Å². The topological polar surface area (TPSA) is 124 Å². The molecule has 12 nitrogen and oxygen atoms in total. The molecular formula is C40H47ClFN5O7S. The quantitative estimate of drug-likeness (QED) is 0.124. The van der Waals surface area contributed by atoms with E-state index in [1.807, 2.05) is 56.0 Å². The van der Waals surface area contributed by atoms with Crippen LogP contribution in [0, 0.1) is 5.82 Å². The molecule has 4 unspecified atom stereocenters. The predicted molar refractivity (Wildman–Crippen MR) is 209 cm³/mol. The minimum Gasteiger partial charge on any atom is -0.468 e. The number of ether oxygens (including phenoxy) is 4. The molecule has 3 aromatic carbocycles. The second kappa shape index (κ2) is 14.8. The highest BCUT2D eigenvalue weighted by Gasteiger charge is 2.45. The van der Waals surface area contributed by atoms with E-state index in [-0.39, 0.29) is 77.3 Å². The first kappa shape index (κ1) is 37.9. The summed E-state index contributed by atoms with van der Waals surface area (Å²) in [6.45, 7) is 7.47. The summed E-state index contributed by atoms with van der Waals surface area (Å²) in [5.41, 5.74) is 0.154. The van der Waals surface area contributed by atoms with Crippen LogP contribution in [0.25, 0.3) is 32.8 Å². The lowest BCUT2D eigenvalue weighted by Gasteiger charge is -2.42. The molecule has 55 heavy (non-hydrogen) atoms. The summed E-state index contributed by atoms with van der Waals surface area (Å²) < 4.78 is 64.9. The van der Waals surface area contributed by atoms with Gasteiger partial charge in [0, 0.05) is 49.8 Å². The summed E-state index contributed by atoms with van der Waals surface area (Å²) in [4.78, 5) is 29.1. The first-order chi connectivity index (χ1) is 26.3. The molecule has 4 bridgehead atoms. The van der Waals surface area contributed by atoms with Crippen molar-refractivity contribution >= 4 is 55.0 Å². The zero-order chi connectivity index (χ0) is 38.6. The number of piperazine rings is 1. The second-order valence-electron chi connectivity index (χ2n) is 16.1. The van der Waals surface area contributed by atoms with Crippen molar-refractivity contribution in [1.29, 1.82) is 0 Å². The largest absolute Gasteiger partial charge is 0.468 e. The molecule has 4 fully saturated rings. The zero-order valence-electron chi connectivity index (χ0n) is 31.6. The highest BCUT2D eigenvalue weighted by molar-refractivity contribution is 7.91. The number of carbonyl (C=O) groups is 1. The number of amides is 1. The van der Waals surface area contributed by atoms with E-state index in [1.165, 1.54) is 7.11 Å². The number of anilines is 1. The van der Waals surface area contributed by atoms with Gasteiger partial charge in [0.05, 0.1) is 35.2 Å². The Labute approximate surface area is 325 Å². The Bertz CT molecular complexity index is 2200. The van der Waals surface area contributed by atoms with E-state index in [0.29, 0.717) is 48.6 Å². The number of fused-ring (bicyclic) bond motifs is 6. The summed E-state index contributed by atoms with van der Waals surface area (Å²) in [6.07, 6.45) is 3.66. The lowest BCUT2D eigenvalue weighted by atomic mass is 9.96. The normalized spacial score (nSPS) is 23.5. The fourth-order valence-electron chi connectivity index (χ4n) is 8.90. The van der Waals surface area contributed by atoms with Gasteiger partial charge in [-0.05, 0) is 87.4 Å². The van der Waals surface area contributed by atoms with Crippen LogP contribution in [-0.4, -0.2) is 116 Å². The van der Waals surface area contributed by atoms with Crippen molar-refractivity contribution in [3.63, 3.8) is 0 Å². The number of sulfone groups is 1. The van der Waals surface area contributed by atoms with Gasteiger partial charge >= 0.3 is 12.1 Å². The maximum absolute atomic E-state index is 17.3. The number of hydrogen-bond donors (Lipinski definition) is 0. The Morgan fingerprint density at radius 1 is 0.945 bits per heavy atom. The van der Waals surface area contributed by atoms with Gasteiger partial charge in [0.2, 0.25) is 0 Å². The molecule has 294 valence electrons. The first-order valence-electron chi connectivity index (χ1n) is 19.0. The third-order valence-corrected chi connectivity index (χ3v) is 13.2. The van der Waals surface area contributed by atoms with Crippen LogP contribution < -0.4 is 14.4 Å². The van der Waals surface area contributed by atoms with E-state index < -0.39 is 21.3 Å². The summed E-state index contributed by atoms with van der Waals surface area (Å²) in [6, 6.07) is 12.8. The van der Waals surface area contributed by atoms with Crippen LogP contribution in [0.2, 0.25) is 5.02 Å². The Morgan fingerprint density at radius 3 is 2.33 bits per heavy atom. The standard InChI is InChI=1S/C40H47ClFN5O7S/c1-40(2,3)54-39(48)47-25-10-11-26(47)20-45(19-25)37-32-18-33(41)34(31-17-29(53-23-51-4)16-24-8-5-6-9-30(24)31)35(42)36(32)43-38(44-37)52-15-7-14-46-27-12-13-28(46)22-55(49,50)21-27/h5-6,8-9,16-18,25-28H,7,10-15,19-23H2,1-4H3. The minimum absolute atomic E-state index is 0.0182. The molecule has 0 radical (unpaired) electrons. The molecule has 0 spiro atoms. The molecule has 1 amide bonds. The number of carbonyl (C=O) groups excluding carboxylic acids is 1. The first-order valence-corrected chi connectivity index (χ1v) is 21.2. The second-order valence-corrected chi connectivity index (χ2v) is 18.7. The molecule has 4 atom stereocenters. The summed E-state index contributed by atoms with van der Waals surface area (Å²) >= 11 is 7.05. The van der Waals surface area contributed by atoms with Crippen LogP contribution >= 0.6 is 11.6 Å². The Morgan fingerprint density at radius 2 is 1.64 bits per heavy atom. The van der Waals surface area contributed by atoms with Crippen molar-refractivity contribution in [3.8, 4) is 22.9 Å². The SMILES string of the molecule is COCOc1cc(-c2c(Cl)cc3c(N4CC5CCC(C4)N5C(=O)OC(C)(C)C)nc(OCCCN4C5CCC4CS(=O)(=O)C5)nc3c2F)c2ccccc2c1. The molecule has 4 aliphatic rings. The van der Waals surface area contributed by atoms with Crippen molar-refractivity contribution in [2.24, 2.45) is 0 Å². The molecule has 8 rings (SSSR count). The van der Waals surface area contributed by atoms with Crippen LogP contribution in [0.3, 0.4) is 0 Å². The highest BCUT2D eigenvalue weighted by Crippen LogP contribution is 2.44. The van der Waals surface area contributed by atoms with Crippen LogP contribution in [-0.2, 0) is 19.3 Å². The third kappa shape index (κ3) is 7.62. The maximum Gasteiger partial charge on any atom is 0.410 e. The van der Waals surface area contributed by atoms with Gasteiger partial charge in [-0.25, -0.2) is 17.6 Å². The molecule has 5 heterocycles. The Hall–Kier alpha value is -3.98. The fraction of sp³-hybridized carbons (Fsp3) is 0.525. The molecule has 4 aromatic rings. The average Bonchev–Trinajstić information content (AvgIpc) is 3.55. The molecule has 1 aromatic heterocycles. The zero-order valence-corrected chi connectivity index (χ0v) is 33.2. The fourth-order valence-corrected chi connectivity index (χ4v) is 11.2. The molecule has 0 saturated carbocycles. The highest BCUT2D eigenvalue weighted by atomic mass is 35.5. The van der Waals surface area contributed by atoms with Gasteiger partial charge in [-0.15, -0.1) is 0 Å². The number of rotatable bonds is 10. The smallest absolute Gasteiger partial charge is 0.410 e. The molecule has 4 aliphatic heterocycles. The van der Waals surface area contributed by atoms with Crippen molar-refractivity contribution in [3.05, 3.63) is 53.3 Å². The van der Waals surface area contributed by atoms with Crippen molar-refractivity contribution in [2.75, 3.05) is 56.5 Å². The van der Waals surface area contributed by atoms with E-state index in [4.69, 9.17) is 35.5 Å². The predicted octanol–water partition coefficient (Wildman–Crippen LogP) is 6.84. The van der Waals surface area contributed by atoms with E-state index in [9.17, 15) is 13.2 Å². The van der Waals surface area contributed by atoms with Crippen LogP contribution in [0.4, 0.5) is 15.0 Å². The molecule has 15 heteroatoms. The Kier molecular flexibility index (Phi) is 10.2. The third-order valence-electron chi connectivity index (χ3n) is 11.1. The van der Waals surface area contributed by atoms with Crippen molar-refractivity contribution in [1.82, 2.24) is 19.8 Å². The van der Waals surface area contributed by atoms with Gasteiger partial charge in [0.25, 0.3) is 0 Å². The number of benzene rings is 3. The van der Waals surface area contributed by atoms with Gasteiger partial charge in [0.15, 0.2) is 22.4 Å². The lowest BCUT2D eigenvalue weighted by molar-refractivity contribution is 0.0122. The maximum atomic E-state index is 17.3. The van der Waals surface area contributed by atoms with Crippen molar-refractivity contribution < 1.29 is 36.6 Å². The molecule has 4 saturated heterocycles. The number of methoxy groups -OCH3 is 1. The van der Waals surface area contributed by atoms with E-state index in [0.717, 1.165) is 36.5 Å². The summed E-state index contributed by atoms with van der Waals surface area (Å²) in [5, 5.41) is 2.25. The molecule has 0 aliphatic carbocycles. The van der Waals surface area contributed by atoms with E-state index in [2.05, 4.69) is 14.8 Å². The minimum atomic E-state index is -3.02. The lowest BCUT2D eigenvalue weighted by Crippen LogP contribution is -2.57.